The third kappa shape index (κ3) is 6.33. The third-order valence-electron chi connectivity index (χ3n) is 6.57. The molecular formula is C23H31ClF3N5O. The van der Waals surface area contributed by atoms with Gasteiger partial charge in [0, 0.05) is 56.9 Å². The molecule has 10 heteroatoms. The van der Waals surface area contributed by atoms with Gasteiger partial charge in [0.25, 0.3) is 0 Å². The zero-order chi connectivity index (χ0) is 23.6. The summed E-state index contributed by atoms with van der Waals surface area (Å²) in [6.07, 6.45) is -0.399. The number of amides is 1. The molecular weight excluding hydrogens is 455 g/mol. The second kappa shape index (κ2) is 10.1. The van der Waals surface area contributed by atoms with Crippen LogP contribution in [0.3, 0.4) is 0 Å². The molecule has 2 heterocycles. The fourth-order valence-electron chi connectivity index (χ4n) is 4.51. The summed E-state index contributed by atoms with van der Waals surface area (Å²) < 4.78 is 38.2. The fraction of sp³-hybridized carbons (Fsp3) is 0.609. The van der Waals surface area contributed by atoms with E-state index < -0.39 is 12.7 Å². The van der Waals surface area contributed by atoms with Gasteiger partial charge in [0.05, 0.1) is 17.9 Å². The van der Waals surface area contributed by atoms with Crippen LogP contribution in [0.5, 0.6) is 0 Å². The first-order valence-corrected chi connectivity index (χ1v) is 11.8. The van der Waals surface area contributed by atoms with Crippen LogP contribution in [0.4, 0.5) is 24.5 Å². The first-order valence-electron chi connectivity index (χ1n) is 11.5. The maximum atomic E-state index is 12.8. The minimum absolute atomic E-state index is 0.0307. The molecule has 2 aliphatic heterocycles. The standard InChI is InChI=1S/C23H31ClF3N5O/c1-2-5-30-13-17(14-30)31-6-8-32(9-7-31)22(33)12-28-20-10-18(16-3-4-16)19(24)11-21(20)29-15-23(25,26)27/h2,10-11,16-17,28-29H,1,3-9,12-15H2. The molecule has 0 spiro atoms. The summed E-state index contributed by atoms with van der Waals surface area (Å²) in [5.41, 5.74) is 1.66. The van der Waals surface area contributed by atoms with E-state index >= 15 is 0 Å². The van der Waals surface area contributed by atoms with E-state index in [-0.39, 0.29) is 18.1 Å². The molecule has 1 aliphatic carbocycles. The van der Waals surface area contributed by atoms with Gasteiger partial charge in [-0.2, -0.15) is 13.2 Å². The number of nitrogens with one attached hydrogen (secondary N) is 2. The van der Waals surface area contributed by atoms with Crippen molar-refractivity contribution in [3.63, 3.8) is 0 Å². The summed E-state index contributed by atoms with van der Waals surface area (Å²) in [5.74, 6) is 0.286. The van der Waals surface area contributed by atoms with E-state index in [1.807, 2.05) is 11.0 Å². The molecule has 1 aromatic rings. The Hall–Kier alpha value is -1.97. The predicted octanol–water partition coefficient (Wildman–Crippen LogP) is 3.62. The van der Waals surface area contributed by atoms with E-state index in [9.17, 15) is 18.0 Å². The average Bonchev–Trinajstić information content (AvgIpc) is 3.58. The maximum absolute atomic E-state index is 12.8. The summed E-state index contributed by atoms with van der Waals surface area (Å²) in [5, 5.41) is 5.93. The SMILES string of the molecule is C=CCN1CC(N2CCN(C(=O)CNc3cc(C4CC4)c(Cl)cc3NCC(F)(F)F)CC2)C1. The molecule has 0 atom stereocenters. The lowest BCUT2D eigenvalue weighted by Gasteiger charge is -2.48. The van der Waals surface area contributed by atoms with Gasteiger partial charge in [-0.3, -0.25) is 14.6 Å². The number of carbonyl (C=O) groups is 1. The molecule has 6 nitrogen and oxygen atoms in total. The molecule has 2 N–H and O–H groups in total. The van der Waals surface area contributed by atoms with Gasteiger partial charge < -0.3 is 15.5 Å². The minimum atomic E-state index is -4.35. The Balaban J connectivity index is 1.31. The Morgan fingerprint density at radius 1 is 1.12 bits per heavy atom. The molecule has 1 aromatic carbocycles. The van der Waals surface area contributed by atoms with Crippen molar-refractivity contribution in [2.75, 3.05) is 69.5 Å². The van der Waals surface area contributed by atoms with Crippen LogP contribution in [0, 0.1) is 0 Å². The second-order valence-electron chi connectivity index (χ2n) is 9.09. The van der Waals surface area contributed by atoms with E-state index in [0.29, 0.717) is 35.8 Å². The van der Waals surface area contributed by atoms with E-state index in [1.54, 1.807) is 6.07 Å². The highest BCUT2D eigenvalue weighted by Gasteiger charge is 2.34. The van der Waals surface area contributed by atoms with Crippen molar-refractivity contribution in [2.24, 2.45) is 0 Å². The molecule has 1 amide bonds. The lowest BCUT2D eigenvalue weighted by atomic mass is 10.1. The van der Waals surface area contributed by atoms with E-state index in [2.05, 4.69) is 27.0 Å². The van der Waals surface area contributed by atoms with E-state index in [1.165, 1.54) is 6.07 Å². The Morgan fingerprint density at radius 3 is 2.39 bits per heavy atom. The number of anilines is 2. The first-order chi connectivity index (χ1) is 15.7. The zero-order valence-corrected chi connectivity index (χ0v) is 19.4. The molecule has 4 rings (SSSR count). The van der Waals surface area contributed by atoms with Crippen LogP contribution in [0.15, 0.2) is 24.8 Å². The van der Waals surface area contributed by atoms with Gasteiger partial charge in [0.15, 0.2) is 0 Å². The van der Waals surface area contributed by atoms with E-state index in [0.717, 1.165) is 51.1 Å². The smallest absolute Gasteiger partial charge is 0.375 e. The van der Waals surface area contributed by atoms with Crippen molar-refractivity contribution in [2.45, 2.75) is 31.0 Å². The van der Waals surface area contributed by atoms with Crippen LogP contribution >= 0.6 is 11.6 Å². The highest BCUT2D eigenvalue weighted by Crippen LogP contribution is 2.45. The topological polar surface area (TPSA) is 50.9 Å². The van der Waals surface area contributed by atoms with Crippen molar-refractivity contribution >= 4 is 28.9 Å². The summed E-state index contributed by atoms with van der Waals surface area (Å²) in [6.45, 7) is 8.61. The van der Waals surface area contributed by atoms with Crippen molar-refractivity contribution in [1.82, 2.24) is 14.7 Å². The van der Waals surface area contributed by atoms with Gasteiger partial charge in [-0.25, -0.2) is 0 Å². The zero-order valence-electron chi connectivity index (χ0n) is 18.6. The molecule has 3 fully saturated rings. The van der Waals surface area contributed by atoms with Crippen molar-refractivity contribution in [1.29, 1.82) is 0 Å². The first kappa shape index (κ1) is 24.2. The largest absolute Gasteiger partial charge is 0.405 e. The van der Waals surface area contributed by atoms with E-state index in [4.69, 9.17) is 11.6 Å². The summed E-state index contributed by atoms with van der Waals surface area (Å²) >= 11 is 6.32. The Labute approximate surface area is 197 Å². The second-order valence-corrected chi connectivity index (χ2v) is 9.50. The predicted molar refractivity (Wildman–Crippen MR) is 125 cm³/mol. The molecule has 1 saturated carbocycles. The number of hydrogen-bond acceptors (Lipinski definition) is 5. The van der Waals surface area contributed by atoms with Crippen molar-refractivity contribution in [3.05, 3.63) is 35.4 Å². The highest BCUT2D eigenvalue weighted by atomic mass is 35.5. The molecule has 182 valence electrons. The molecule has 0 bridgehead atoms. The number of nitrogens with zero attached hydrogens (tertiary/aromatic N) is 3. The lowest BCUT2D eigenvalue weighted by molar-refractivity contribution is -0.132. The lowest BCUT2D eigenvalue weighted by Crippen LogP contribution is -2.63. The van der Waals surface area contributed by atoms with Crippen LogP contribution in [0.25, 0.3) is 0 Å². The molecule has 2 saturated heterocycles. The van der Waals surface area contributed by atoms with Gasteiger partial charge in [0.1, 0.15) is 6.54 Å². The summed E-state index contributed by atoms with van der Waals surface area (Å²) in [7, 11) is 0. The Bertz CT molecular complexity index is 862. The van der Waals surface area contributed by atoms with Crippen molar-refractivity contribution in [3.8, 4) is 0 Å². The number of carbonyl (C=O) groups excluding carboxylic acids is 1. The van der Waals surface area contributed by atoms with Gasteiger partial charge in [-0.05, 0) is 36.5 Å². The van der Waals surface area contributed by atoms with Gasteiger partial charge in [-0.15, -0.1) is 6.58 Å². The van der Waals surface area contributed by atoms with Crippen LogP contribution < -0.4 is 10.6 Å². The number of piperazine rings is 1. The normalized spacial score (nSPS) is 20.4. The molecule has 0 radical (unpaired) electrons. The number of rotatable bonds is 9. The molecule has 3 aliphatic rings. The van der Waals surface area contributed by atoms with Crippen LogP contribution in [-0.2, 0) is 4.79 Å². The molecule has 0 aromatic heterocycles. The van der Waals surface area contributed by atoms with Gasteiger partial charge in [-0.1, -0.05) is 17.7 Å². The fourth-order valence-corrected chi connectivity index (χ4v) is 4.83. The summed E-state index contributed by atoms with van der Waals surface area (Å²) in [6, 6.07) is 3.86. The van der Waals surface area contributed by atoms with Crippen molar-refractivity contribution < 1.29 is 18.0 Å². The van der Waals surface area contributed by atoms with Gasteiger partial charge >= 0.3 is 6.18 Å². The van der Waals surface area contributed by atoms with Crippen LogP contribution in [0.2, 0.25) is 5.02 Å². The molecule has 0 unspecified atom stereocenters. The Kier molecular flexibility index (Phi) is 7.40. The van der Waals surface area contributed by atoms with Gasteiger partial charge in [0.2, 0.25) is 5.91 Å². The quantitative estimate of drug-likeness (QED) is 0.523. The number of hydrogen-bond donors (Lipinski definition) is 2. The monoisotopic (exact) mass is 485 g/mol. The third-order valence-corrected chi connectivity index (χ3v) is 6.90. The van der Waals surface area contributed by atoms with Crippen LogP contribution in [0.1, 0.15) is 24.3 Å². The number of benzene rings is 1. The highest BCUT2D eigenvalue weighted by molar-refractivity contribution is 6.32. The minimum Gasteiger partial charge on any atom is -0.375 e. The Morgan fingerprint density at radius 2 is 1.79 bits per heavy atom. The number of likely N-dealkylation sites (tertiary alicyclic amines) is 1. The number of halogens is 4. The molecule has 33 heavy (non-hydrogen) atoms. The number of alkyl halides is 3. The van der Waals surface area contributed by atoms with Crippen LogP contribution in [-0.4, -0.2) is 91.7 Å². The average molecular weight is 486 g/mol. The summed E-state index contributed by atoms with van der Waals surface area (Å²) in [4.78, 5) is 19.4. The maximum Gasteiger partial charge on any atom is 0.405 e.